The average Bonchev–Trinajstić information content (AvgIpc) is 2.50. The minimum absolute atomic E-state index is 0.484. The Kier molecular flexibility index (Phi) is 3.12. The molecular weight excluding hydrogens is 164 g/mol. The molecule has 0 saturated heterocycles. The van der Waals surface area contributed by atoms with Crippen LogP contribution in [0.25, 0.3) is 0 Å². The molecule has 13 heavy (non-hydrogen) atoms. The van der Waals surface area contributed by atoms with Crippen molar-refractivity contribution < 1.29 is 9.90 Å². The summed E-state index contributed by atoms with van der Waals surface area (Å²) in [6, 6.07) is 0. The van der Waals surface area contributed by atoms with Gasteiger partial charge in [-0.05, 0) is 31.6 Å². The molecule has 1 rings (SSSR count). The highest BCUT2D eigenvalue weighted by atomic mass is 16.4. The molecule has 0 aromatic carbocycles. The third kappa shape index (κ3) is 1.93. The number of carboxylic acid groups (broad SMARTS) is 1. The SMILES string of the molecule is C=CCC1(C(=O)O)CCC(CC)C1. The topological polar surface area (TPSA) is 37.3 Å². The van der Waals surface area contributed by atoms with E-state index in [2.05, 4.69) is 13.5 Å². The van der Waals surface area contributed by atoms with Gasteiger partial charge in [-0.1, -0.05) is 19.4 Å². The Labute approximate surface area is 79.6 Å². The van der Waals surface area contributed by atoms with Gasteiger partial charge in [0.05, 0.1) is 5.41 Å². The Morgan fingerprint density at radius 2 is 2.46 bits per heavy atom. The molecule has 0 aromatic rings. The number of hydrogen-bond donors (Lipinski definition) is 1. The van der Waals surface area contributed by atoms with Crippen molar-refractivity contribution in [2.24, 2.45) is 11.3 Å². The maximum absolute atomic E-state index is 11.1. The van der Waals surface area contributed by atoms with Crippen LogP contribution in [-0.2, 0) is 4.79 Å². The molecule has 2 unspecified atom stereocenters. The van der Waals surface area contributed by atoms with E-state index in [1.165, 1.54) is 0 Å². The fraction of sp³-hybridized carbons (Fsp3) is 0.727. The van der Waals surface area contributed by atoms with Crippen LogP contribution in [0.3, 0.4) is 0 Å². The van der Waals surface area contributed by atoms with Crippen molar-refractivity contribution in [2.75, 3.05) is 0 Å². The van der Waals surface area contributed by atoms with Crippen LogP contribution in [0.2, 0.25) is 0 Å². The van der Waals surface area contributed by atoms with Gasteiger partial charge in [-0.3, -0.25) is 4.79 Å². The van der Waals surface area contributed by atoms with Gasteiger partial charge in [0, 0.05) is 0 Å². The molecule has 2 heteroatoms. The predicted molar refractivity (Wildman–Crippen MR) is 52.5 cm³/mol. The average molecular weight is 182 g/mol. The summed E-state index contributed by atoms with van der Waals surface area (Å²) >= 11 is 0. The molecule has 74 valence electrons. The van der Waals surface area contributed by atoms with Crippen molar-refractivity contribution >= 4 is 5.97 Å². The van der Waals surface area contributed by atoms with Crippen LogP contribution in [0.4, 0.5) is 0 Å². The van der Waals surface area contributed by atoms with Gasteiger partial charge in [0.1, 0.15) is 0 Å². The van der Waals surface area contributed by atoms with Gasteiger partial charge in [-0.15, -0.1) is 6.58 Å². The first kappa shape index (κ1) is 10.3. The van der Waals surface area contributed by atoms with Gasteiger partial charge < -0.3 is 5.11 Å². The van der Waals surface area contributed by atoms with E-state index < -0.39 is 11.4 Å². The highest BCUT2D eigenvalue weighted by Gasteiger charge is 2.43. The molecule has 0 radical (unpaired) electrons. The van der Waals surface area contributed by atoms with Crippen LogP contribution in [0.1, 0.15) is 39.0 Å². The van der Waals surface area contributed by atoms with E-state index >= 15 is 0 Å². The predicted octanol–water partition coefficient (Wildman–Crippen LogP) is 2.84. The van der Waals surface area contributed by atoms with Crippen LogP contribution in [-0.4, -0.2) is 11.1 Å². The second-order valence-electron chi connectivity index (χ2n) is 4.10. The van der Waals surface area contributed by atoms with Crippen molar-refractivity contribution in [3.05, 3.63) is 12.7 Å². The van der Waals surface area contributed by atoms with Crippen molar-refractivity contribution in [3.63, 3.8) is 0 Å². The first-order valence-corrected chi connectivity index (χ1v) is 4.99. The first-order chi connectivity index (χ1) is 6.14. The van der Waals surface area contributed by atoms with Gasteiger partial charge in [-0.2, -0.15) is 0 Å². The number of hydrogen-bond acceptors (Lipinski definition) is 1. The third-order valence-electron chi connectivity index (χ3n) is 3.28. The lowest BCUT2D eigenvalue weighted by molar-refractivity contribution is -0.148. The zero-order valence-electron chi connectivity index (χ0n) is 8.25. The van der Waals surface area contributed by atoms with Gasteiger partial charge in [-0.25, -0.2) is 0 Å². The molecular formula is C11H18O2. The molecule has 0 aromatic heterocycles. The van der Waals surface area contributed by atoms with Crippen molar-refractivity contribution in [1.29, 1.82) is 0 Å². The fourth-order valence-corrected chi connectivity index (χ4v) is 2.33. The van der Waals surface area contributed by atoms with Gasteiger partial charge in [0.25, 0.3) is 0 Å². The second-order valence-corrected chi connectivity index (χ2v) is 4.10. The quantitative estimate of drug-likeness (QED) is 0.679. The number of rotatable bonds is 4. The van der Waals surface area contributed by atoms with E-state index in [0.29, 0.717) is 12.3 Å². The first-order valence-electron chi connectivity index (χ1n) is 4.99. The normalized spacial score (nSPS) is 33.2. The standard InChI is InChI=1S/C11H18O2/c1-3-6-11(10(12)13)7-5-9(4-2)8-11/h3,9H,1,4-8H2,2H3,(H,12,13). The van der Waals surface area contributed by atoms with E-state index in [1.807, 2.05) is 0 Å². The van der Waals surface area contributed by atoms with Crippen molar-refractivity contribution in [3.8, 4) is 0 Å². The number of carboxylic acids is 1. The zero-order chi connectivity index (χ0) is 9.90. The zero-order valence-corrected chi connectivity index (χ0v) is 8.25. The van der Waals surface area contributed by atoms with Crippen LogP contribution >= 0.6 is 0 Å². The molecule has 0 amide bonds. The molecule has 1 aliphatic carbocycles. The van der Waals surface area contributed by atoms with Crippen LogP contribution in [0.5, 0.6) is 0 Å². The van der Waals surface area contributed by atoms with E-state index in [0.717, 1.165) is 25.7 Å². The van der Waals surface area contributed by atoms with Gasteiger partial charge >= 0.3 is 5.97 Å². The molecule has 1 fully saturated rings. The highest BCUT2D eigenvalue weighted by Crippen LogP contribution is 2.45. The molecule has 1 N–H and O–H groups in total. The van der Waals surface area contributed by atoms with Crippen molar-refractivity contribution in [1.82, 2.24) is 0 Å². The van der Waals surface area contributed by atoms with E-state index in [1.54, 1.807) is 6.08 Å². The number of carbonyl (C=O) groups is 1. The molecule has 0 spiro atoms. The molecule has 1 saturated carbocycles. The Morgan fingerprint density at radius 3 is 2.85 bits per heavy atom. The Balaban J connectivity index is 2.70. The van der Waals surface area contributed by atoms with E-state index in [4.69, 9.17) is 5.11 Å². The number of aliphatic carboxylic acids is 1. The summed E-state index contributed by atoms with van der Waals surface area (Å²) in [7, 11) is 0. The summed E-state index contributed by atoms with van der Waals surface area (Å²) in [5.74, 6) is -0.0283. The smallest absolute Gasteiger partial charge is 0.309 e. The van der Waals surface area contributed by atoms with Gasteiger partial charge in [0.15, 0.2) is 0 Å². The lowest BCUT2D eigenvalue weighted by Crippen LogP contribution is -2.27. The summed E-state index contributed by atoms with van der Waals surface area (Å²) in [6.07, 6.45) is 6.20. The summed E-state index contributed by atoms with van der Waals surface area (Å²) in [4.78, 5) is 11.1. The van der Waals surface area contributed by atoms with Crippen LogP contribution in [0, 0.1) is 11.3 Å². The minimum atomic E-state index is -0.636. The van der Waals surface area contributed by atoms with Crippen LogP contribution < -0.4 is 0 Å². The lowest BCUT2D eigenvalue weighted by Gasteiger charge is -2.22. The fourth-order valence-electron chi connectivity index (χ4n) is 2.33. The third-order valence-corrected chi connectivity index (χ3v) is 3.28. The lowest BCUT2D eigenvalue weighted by atomic mass is 9.82. The number of allylic oxidation sites excluding steroid dienone is 1. The maximum Gasteiger partial charge on any atom is 0.309 e. The Hall–Kier alpha value is -0.790. The van der Waals surface area contributed by atoms with Crippen LogP contribution in [0.15, 0.2) is 12.7 Å². The van der Waals surface area contributed by atoms with Crippen molar-refractivity contribution in [2.45, 2.75) is 39.0 Å². The molecule has 2 atom stereocenters. The summed E-state index contributed by atoms with van der Waals surface area (Å²) in [6.45, 7) is 5.77. The summed E-state index contributed by atoms with van der Waals surface area (Å²) in [5.41, 5.74) is -0.484. The molecule has 0 heterocycles. The van der Waals surface area contributed by atoms with E-state index in [9.17, 15) is 4.79 Å². The second kappa shape index (κ2) is 3.95. The Morgan fingerprint density at radius 1 is 1.77 bits per heavy atom. The molecule has 0 bridgehead atoms. The Bertz CT molecular complexity index is 210. The monoisotopic (exact) mass is 182 g/mol. The molecule has 0 aliphatic heterocycles. The maximum atomic E-state index is 11.1. The summed E-state index contributed by atoms with van der Waals surface area (Å²) in [5, 5.41) is 9.16. The van der Waals surface area contributed by atoms with Gasteiger partial charge in [0.2, 0.25) is 0 Å². The molecule has 1 aliphatic rings. The minimum Gasteiger partial charge on any atom is -0.481 e. The summed E-state index contributed by atoms with van der Waals surface area (Å²) < 4.78 is 0. The highest BCUT2D eigenvalue weighted by molar-refractivity contribution is 5.75. The largest absolute Gasteiger partial charge is 0.481 e. The molecule has 2 nitrogen and oxygen atoms in total. The van der Waals surface area contributed by atoms with E-state index in [-0.39, 0.29) is 0 Å².